The van der Waals surface area contributed by atoms with E-state index >= 15 is 0 Å². The summed E-state index contributed by atoms with van der Waals surface area (Å²) in [6, 6.07) is 5.12. The van der Waals surface area contributed by atoms with Crippen LogP contribution in [0.25, 0.3) is 0 Å². The second-order valence-corrected chi connectivity index (χ2v) is 5.82. The molecule has 0 unspecified atom stereocenters. The van der Waals surface area contributed by atoms with Crippen LogP contribution in [0.15, 0.2) is 36.9 Å². The van der Waals surface area contributed by atoms with Gasteiger partial charge in [0.15, 0.2) is 0 Å². The van der Waals surface area contributed by atoms with E-state index in [-0.39, 0.29) is 5.91 Å². The number of nitrogens with two attached hydrogens (primary N) is 1. The van der Waals surface area contributed by atoms with Gasteiger partial charge in [-0.2, -0.15) is 0 Å². The van der Waals surface area contributed by atoms with Crippen molar-refractivity contribution in [2.45, 2.75) is 32.9 Å². The molecule has 118 valence electrons. The molecule has 0 saturated heterocycles. The fourth-order valence-corrected chi connectivity index (χ4v) is 2.32. The van der Waals surface area contributed by atoms with Crippen LogP contribution >= 0.6 is 0 Å². The molecule has 6 nitrogen and oxygen atoms in total. The number of imidazole rings is 1. The van der Waals surface area contributed by atoms with Gasteiger partial charge in [0.25, 0.3) is 0 Å². The minimum atomic E-state index is -0.581. The van der Waals surface area contributed by atoms with E-state index in [9.17, 15) is 4.79 Å². The number of aromatic amines is 1. The van der Waals surface area contributed by atoms with E-state index in [0.717, 1.165) is 11.4 Å². The average Bonchev–Trinajstić information content (AvgIpc) is 2.99. The zero-order valence-corrected chi connectivity index (χ0v) is 13.1. The lowest BCUT2D eigenvalue weighted by molar-refractivity contribution is -0.133. The highest BCUT2D eigenvalue weighted by molar-refractivity contribution is 5.81. The topological polar surface area (TPSA) is 87.9 Å². The smallest absolute Gasteiger partial charge is 0.240 e. The lowest BCUT2D eigenvalue weighted by atomic mass is 10.1. The van der Waals surface area contributed by atoms with Crippen LogP contribution in [0.3, 0.4) is 0 Å². The van der Waals surface area contributed by atoms with Gasteiger partial charge in [-0.15, -0.1) is 0 Å². The summed E-state index contributed by atoms with van der Waals surface area (Å²) in [5.74, 6) is 0.306. The third kappa shape index (κ3) is 4.66. The molecule has 0 fully saturated rings. The van der Waals surface area contributed by atoms with E-state index in [2.05, 4.69) is 28.8 Å². The van der Waals surface area contributed by atoms with Gasteiger partial charge < -0.3 is 15.6 Å². The molecule has 2 aromatic rings. The van der Waals surface area contributed by atoms with Crippen molar-refractivity contribution in [2.75, 3.05) is 6.54 Å². The van der Waals surface area contributed by atoms with Crippen LogP contribution in [-0.2, 0) is 17.8 Å². The number of hydrogen-bond donors (Lipinski definition) is 2. The van der Waals surface area contributed by atoms with Gasteiger partial charge in [-0.1, -0.05) is 19.9 Å². The summed E-state index contributed by atoms with van der Waals surface area (Å²) >= 11 is 0. The van der Waals surface area contributed by atoms with Gasteiger partial charge in [0.05, 0.1) is 24.6 Å². The Morgan fingerprint density at radius 2 is 2.23 bits per heavy atom. The Balaban J connectivity index is 2.05. The molecule has 0 radical (unpaired) electrons. The Morgan fingerprint density at radius 3 is 2.82 bits per heavy atom. The number of carbonyl (C=O) groups excluding carboxylic acids is 1. The fourth-order valence-electron chi connectivity index (χ4n) is 2.32. The molecular weight excluding hydrogens is 278 g/mol. The fraction of sp³-hybridized carbons (Fsp3) is 0.438. The normalized spacial score (nSPS) is 12.4. The molecule has 0 aliphatic heterocycles. The quantitative estimate of drug-likeness (QED) is 0.808. The largest absolute Gasteiger partial charge is 0.348 e. The van der Waals surface area contributed by atoms with Gasteiger partial charge >= 0.3 is 0 Å². The van der Waals surface area contributed by atoms with Crippen LogP contribution in [0, 0.1) is 5.92 Å². The van der Waals surface area contributed by atoms with Crippen molar-refractivity contribution < 1.29 is 4.79 Å². The molecule has 0 aliphatic carbocycles. The highest BCUT2D eigenvalue weighted by Crippen LogP contribution is 2.09. The SMILES string of the molecule is CC(C)CN(Cc1ccccn1)C(=O)[C@@H](N)Cc1cnc[nH]1. The number of amides is 1. The van der Waals surface area contributed by atoms with Gasteiger partial charge in [-0.3, -0.25) is 9.78 Å². The minimum Gasteiger partial charge on any atom is -0.348 e. The van der Waals surface area contributed by atoms with Crippen molar-refractivity contribution in [3.05, 3.63) is 48.3 Å². The Hall–Kier alpha value is -2.21. The van der Waals surface area contributed by atoms with Gasteiger partial charge in [-0.25, -0.2) is 4.98 Å². The summed E-state index contributed by atoms with van der Waals surface area (Å²) in [7, 11) is 0. The standard InChI is InChI=1S/C16H23N5O/c1-12(2)9-21(10-13-5-3-4-6-19-13)16(22)15(17)7-14-8-18-11-20-14/h3-6,8,11-12,15H,7,9-10,17H2,1-2H3,(H,18,20)/t15-/m0/s1. The van der Waals surface area contributed by atoms with Crippen molar-refractivity contribution in [3.8, 4) is 0 Å². The van der Waals surface area contributed by atoms with Gasteiger partial charge in [-0.05, 0) is 18.1 Å². The molecule has 22 heavy (non-hydrogen) atoms. The molecule has 3 N–H and O–H groups in total. The number of pyridine rings is 1. The number of rotatable bonds is 7. The summed E-state index contributed by atoms with van der Waals surface area (Å²) < 4.78 is 0. The molecular formula is C16H23N5O. The Labute approximate surface area is 130 Å². The number of carbonyl (C=O) groups is 1. The van der Waals surface area contributed by atoms with E-state index in [4.69, 9.17) is 5.73 Å². The predicted molar refractivity (Wildman–Crippen MR) is 84.8 cm³/mol. The molecule has 0 saturated carbocycles. The maximum atomic E-state index is 12.6. The molecule has 0 aliphatic rings. The Bertz CT molecular complexity index is 567. The lowest BCUT2D eigenvalue weighted by Crippen LogP contribution is -2.46. The van der Waals surface area contributed by atoms with Crippen molar-refractivity contribution in [1.29, 1.82) is 0 Å². The van der Waals surface area contributed by atoms with Crippen LogP contribution < -0.4 is 5.73 Å². The summed E-state index contributed by atoms with van der Waals surface area (Å²) in [6.07, 6.45) is 5.47. The molecule has 6 heteroatoms. The summed E-state index contributed by atoms with van der Waals surface area (Å²) in [6.45, 7) is 5.30. The molecule has 2 rings (SSSR count). The number of aromatic nitrogens is 3. The highest BCUT2D eigenvalue weighted by Gasteiger charge is 2.23. The van der Waals surface area contributed by atoms with Crippen molar-refractivity contribution in [3.63, 3.8) is 0 Å². The molecule has 1 amide bonds. The molecule has 1 atom stereocenters. The summed E-state index contributed by atoms with van der Waals surface area (Å²) in [4.78, 5) is 25.7. The van der Waals surface area contributed by atoms with Gasteiger partial charge in [0.1, 0.15) is 0 Å². The predicted octanol–water partition coefficient (Wildman–Crippen LogP) is 1.36. The first-order valence-corrected chi connectivity index (χ1v) is 7.47. The zero-order valence-electron chi connectivity index (χ0n) is 13.1. The second kappa shape index (κ2) is 7.70. The first-order chi connectivity index (χ1) is 10.6. The van der Waals surface area contributed by atoms with E-state index in [1.54, 1.807) is 23.6 Å². The first kappa shape index (κ1) is 16.2. The third-order valence-corrected chi connectivity index (χ3v) is 3.29. The summed E-state index contributed by atoms with van der Waals surface area (Å²) in [5, 5.41) is 0. The molecule has 0 spiro atoms. The van der Waals surface area contributed by atoms with Crippen LogP contribution in [0.5, 0.6) is 0 Å². The van der Waals surface area contributed by atoms with Crippen molar-refractivity contribution >= 4 is 5.91 Å². The molecule has 2 aromatic heterocycles. The lowest BCUT2D eigenvalue weighted by Gasteiger charge is -2.27. The Morgan fingerprint density at radius 1 is 1.41 bits per heavy atom. The van der Waals surface area contributed by atoms with Crippen molar-refractivity contribution in [2.24, 2.45) is 11.7 Å². The van der Waals surface area contributed by atoms with Crippen LogP contribution in [0.1, 0.15) is 25.2 Å². The third-order valence-electron chi connectivity index (χ3n) is 3.29. The monoisotopic (exact) mass is 301 g/mol. The van der Waals surface area contributed by atoms with E-state index in [0.29, 0.717) is 25.4 Å². The average molecular weight is 301 g/mol. The minimum absolute atomic E-state index is 0.0612. The zero-order chi connectivity index (χ0) is 15.9. The van der Waals surface area contributed by atoms with Gasteiger partial charge in [0, 0.05) is 31.1 Å². The van der Waals surface area contributed by atoms with E-state index < -0.39 is 6.04 Å². The maximum Gasteiger partial charge on any atom is 0.240 e. The number of hydrogen-bond acceptors (Lipinski definition) is 4. The molecule has 0 aromatic carbocycles. The number of nitrogens with zero attached hydrogens (tertiary/aromatic N) is 3. The van der Waals surface area contributed by atoms with Gasteiger partial charge in [0.2, 0.25) is 5.91 Å². The van der Waals surface area contributed by atoms with Crippen molar-refractivity contribution in [1.82, 2.24) is 19.9 Å². The Kier molecular flexibility index (Phi) is 5.66. The maximum absolute atomic E-state index is 12.6. The molecule has 0 bridgehead atoms. The molecule has 2 heterocycles. The highest BCUT2D eigenvalue weighted by atomic mass is 16.2. The number of H-pyrrole nitrogens is 1. The first-order valence-electron chi connectivity index (χ1n) is 7.47. The second-order valence-electron chi connectivity index (χ2n) is 5.82. The van der Waals surface area contributed by atoms with E-state index in [1.807, 2.05) is 18.2 Å². The van der Waals surface area contributed by atoms with Crippen LogP contribution in [0.4, 0.5) is 0 Å². The summed E-state index contributed by atoms with van der Waals surface area (Å²) in [5.41, 5.74) is 7.81. The van der Waals surface area contributed by atoms with Crippen LogP contribution in [0.2, 0.25) is 0 Å². The van der Waals surface area contributed by atoms with E-state index in [1.165, 1.54) is 0 Å². The van der Waals surface area contributed by atoms with Crippen LogP contribution in [-0.4, -0.2) is 38.3 Å². The number of nitrogens with one attached hydrogen (secondary N) is 1.